The predicted octanol–water partition coefficient (Wildman–Crippen LogP) is 4.37. The highest BCUT2D eigenvalue weighted by molar-refractivity contribution is 8.02. The van der Waals surface area contributed by atoms with Gasteiger partial charge in [-0.25, -0.2) is 0 Å². The van der Waals surface area contributed by atoms with Gasteiger partial charge >= 0.3 is 10.4 Å². The SMILES string of the molecule is CCCCCCCCCCCCSOS(=O)(=O)O. The molecule has 0 aliphatic rings. The van der Waals surface area contributed by atoms with Crippen LogP contribution in [-0.4, -0.2) is 18.7 Å². The molecule has 6 heteroatoms. The first kappa shape index (κ1) is 18.2. The van der Waals surface area contributed by atoms with E-state index in [1.54, 1.807) is 0 Å². The summed E-state index contributed by atoms with van der Waals surface area (Å²) in [7, 11) is -4.27. The van der Waals surface area contributed by atoms with Crippen LogP contribution in [-0.2, 0) is 14.0 Å². The second kappa shape index (κ2) is 12.3. The molecule has 0 rings (SSSR count). The van der Waals surface area contributed by atoms with E-state index in [0.29, 0.717) is 5.75 Å². The van der Waals surface area contributed by atoms with Crippen molar-refractivity contribution in [3.8, 4) is 0 Å². The van der Waals surface area contributed by atoms with Gasteiger partial charge in [0.1, 0.15) is 0 Å². The summed E-state index contributed by atoms with van der Waals surface area (Å²) in [4.78, 5) is 0. The summed E-state index contributed by atoms with van der Waals surface area (Å²) < 4.78 is 32.9. The van der Waals surface area contributed by atoms with Crippen LogP contribution in [0.3, 0.4) is 0 Å². The standard InChI is InChI=1S/C12H26O4S2/c1-2-3-4-5-6-7-8-9-10-11-12-17-16-18(13,14)15/h2-12H2,1H3,(H,13,14,15). The minimum atomic E-state index is -4.27. The molecule has 0 fully saturated rings. The van der Waals surface area contributed by atoms with Crippen LogP contribution < -0.4 is 0 Å². The van der Waals surface area contributed by atoms with Gasteiger partial charge in [-0.1, -0.05) is 64.7 Å². The molecule has 0 aromatic carbocycles. The van der Waals surface area contributed by atoms with Gasteiger partial charge in [0, 0.05) is 17.8 Å². The lowest BCUT2D eigenvalue weighted by atomic mass is 10.1. The molecule has 0 saturated carbocycles. The highest BCUT2D eigenvalue weighted by Crippen LogP contribution is 2.13. The first-order valence-corrected chi connectivity index (χ1v) is 9.12. The molecule has 0 radical (unpaired) electrons. The van der Waals surface area contributed by atoms with Crippen LogP contribution in [0.2, 0.25) is 0 Å². The maximum Gasteiger partial charge on any atom is 0.408 e. The summed E-state index contributed by atoms with van der Waals surface area (Å²) in [5.74, 6) is 0.607. The fourth-order valence-corrected chi connectivity index (χ4v) is 2.82. The minimum absolute atomic E-state index is 0.607. The molecule has 0 aliphatic heterocycles. The third-order valence-corrected chi connectivity index (χ3v) is 4.24. The zero-order chi connectivity index (χ0) is 13.7. The Labute approximate surface area is 116 Å². The van der Waals surface area contributed by atoms with Crippen molar-refractivity contribution in [3.05, 3.63) is 0 Å². The zero-order valence-electron chi connectivity index (χ0n) is 11.3. The molecule has 0 bridgehead atoms. The topological polar surface area (TPSA) is 63.6 Å². The predicted molar refractivity (Wildman–Crippen MR) is 76.9 cm³/mol. The van der Waals surface area contributed by atoms with Gasteiger partial charge in [0.05, 0.1) is 0 Å². The van der Waals surface area contributed by atoms with Crippen molar-refractivity contribution >= 4 is 22.4 Å². The summed E-state index contributed by atoms with van der Waals surface area (Å²) in [6, 6.07) is 0. The van der Waals surface area contributed by atoms with E-state index in [-0.39, 0.29) is 0 Å². The number of hydrogen-bond acceptors (Lipinski definition) is 4. The van der Waals surface area contributed by atoms with E-state index in [1.165, 1.54) is 51.4 Å². The first-order valence-electron chi connectivity index (χ1n) is 6.85. The van der Waals surface area contributed by atoms with Gasteiger partial charge in [0.2, 0.25) is 0 Å². The third-order valence-electron chi connectivity index (χ3n) is 2.72. The highest BCUT2D eigenvalue weighted by Gasteiger charge is 2.03. The molecule has 0 atom stereocenters. The summed E-state index contributed by atoms with van der Waals surface area (Å²) >= 11 is 0.800. The lowest BCUT2D eigenvalue weighted by Gasteiger charge is -2.02. The van der Waals surface area contributed by atoms with Crippen molar-refractivity contribution in [2.24, 2.45) is 0 Å². The fraction of sp³-hybridized carbons (Fsp3) is 1.00. The molecule has 0 spiro atoms. The van der Waals surface area contributed by atoms with Gasteiger partial charge in [-0.15, -0.1) is 0 Å². The van der Waals surface area contributed by atoms with Crippen LogP contribution in [0, 0.1) is 0 Å². The van der Waals surface area contributed by atoms with Crippen LogP contribution in [0.15, 0.2) is 0 Å². The second-order valence-electron chi connectivity index (χ2n) is 4.50. The largest absolute Gasteiger partial charge is 0.408 e. The van der Waals surface area contributed by atoms with E-state index in [2.05, 4.69) is 10.6 Å². The molecule has 0 aromatic heterocycles. The van der Waals surface area contributed by atoms with Crippen LogP contribution in [0.5, 0.6) is 0 Å². The molecule has 0 amide bonds. The Morgan fingerprint density at radius 2 is 1.33 bits per heavy atom. The summed E-state index contributed by atoms with van der Waals surface area (Å²) in [5.41, 5.74) is 0. The molecule has 0 heterocycles. The van der Waals surface area contributed by atoms with E-state index in [0.717, 1.165) is 24.9 Å². The van der Waals surface area contributed by atoms with Gasteiger partial charge in [-0.3, -0.25) is 4.55 Å². The quantitative estimate of drug-likeness (QED) is 0.311. The average Bonchev–Trinajstić information content (AvgIpc) is 2.29. The van der Waals surface area contributed by atoms with E-state index < -0.39 is 10.4 Å². The average molecular weight is 298 g/mol. The van der Waals surface area contributed by atoms with Gasteiger partial charge < -0.3 is 0 Å². The van der Waals surface area contributed by atoms with Gasteiger partial charge in [0.25, 0.3) is 0 Å². The second-order valence-corrected chi connectivity index (χ2v) is 6.54. The van der Waals surface area contributed by atoms with E-state index in [1.807, 2.05) is 0 Å². The Balaban J connectivity index is 3.03. The monoisotopic (exact) mass is 298 g/mol. The van der Waals surface area contributed by atoms with Gasteiger partial charge in [0.15, 0.2) is 0 Å². The number of rotatable bonds is 13. The van der Waals surface area contributed by atoms with Gasteiger partial charge in [-0.2, -0.15) is 12.0 Å². The molecule has 0 unspecified atom stereocenters. The third kappa shape index (κ3) is 16.2. The Morgan fingerprint density at radius 1 is 0.889 bits per heavy atom. The van der Waals surface area contributed by atoms with Crippen molar-refractivity contribution in [2.45, 2.75) is 71.1 Å². The van der Waals surface area contributed by atoms with Crippen molar-refractivity contribution in [1.29, 1.82) is 0 Å². The molecular formula is C12H26O4S2. The van der Waals surface area contributed by atoms with Crippen LogP contribution >= 0.6 is 12.0 Å². The smallest absolute Gasteiger partial charge is 0.263 e. The molecule has 4 nitrogen and oxygen atoms in total. The van der Waals surface area contributed by atoms with Gasteiger partial charge in [-0.05, 0) is 6.42 Å². The molecular weight excluding hydrogens is 272 g/mol. The summed E-state index contributed by atoms with van der Waals surface area (Å²) in [6.07, 6.45) is 12.5. The van der Waals surface area contributed by atoms with Crippen molar-refractivity contribution in [2.75, 3.05) is 5.75 Å². The normalized spacial score (nSPS) is 11.9. The number of unbranched alkanes of at least 4 members (excludes halogenated alkanes) is 9. The highest BCUT2D eigenvalue weighted by atomic mass is 32.3. The van der Waals surface area contributed by atoms with Crippen LogP contribution in [0.1, 0.15) is 71.1 Å². The summed E-state index contributed by atoms with van der Waals surface area (Å²) in [5, 5.41) is 0. The Kier molecular flexibility index (Phi) is 12.4. The maximum absolute atomic E-state index is 10.2. The lowest BCUT2D eigenvalue weighted by molar-refractivity contribution is 0.407. The van der Waals surface area contributed by atoms with Crippen LogP contribution in [0.4, 0.5) is 0 Å². The Morgan fingerprint density at radius 3 is 1.78 bits per heavy atom. The lowest BCUT2D eigenvalue weighted by Crippen LogP contribution is -1.97. The Hall–Kier alpha value is 0.220. The van der Waals surface area contributed by atoms with E-state index in [9.17, 15) is 8.42 Å². The summed E-state index contributed by atoms with van der Waals surface area (Å²) in [6.45, 7) is 2.23. The molecule has 110 valence electrons. The molecule has 1 N–H and O–H groups in total. The Bertz CT molecular complexity index is 265. The van der Waals surface area contributed by atoms with E-state index in [4.69, 9.17) is 4.55 Å². The maximum atomic E-state index is 10.2. The first-order chi connectivity index (χ1) is 8.56. The molecule has 18 heavy (non-hydrogen) atoms. The molecule has 0 aromatic rings. The van der Waals surface area contributed by atoms with Crippen LogP contribution in [0.25, 0.3) is 0 Å². The number of hydrogen-bond donors (Lipinski definition) is 1. The fourth-order valence-electron chi connectivity index (χ4n) is 1.74. The van der Waals surface area contributed by atoms with Crippen molar-refractivity contribution < 1.29 is 16.6 Å². The molecule has 0 saturated heterocycles. The van der Waals surface area contributed by atoms with E-state index >= 15 is 0 Å². The minimum Gasteiger partial charge on any atom is -0.263 e. The molecule has 0 aliphatic carbocycles. The van der Waals surface area contributed by atoms with Crippen molar-refractivity contribution in [1.82, 2.24) is 0 Å². The zero-order valence-corrected chi connectivity index (χ0v) is 12.9. The van der Waals surface area contributed by atoms with Crippen molar-refractivity contribution in [3.63, 3.8) is 0 Å².